The fraction of sp³-hybridized carbons (Fsp3) is 0.333. The fourth-order valence-electron chi connectivity index (χ4n) is 3.14. The van der Waals surface area contributed by atoms with Crippen molar-refractivity contribution in [2.45, 2.75) is 0 Å². The first-order chi connectivity index (χ1) is 14.3. The molecule has 1 heterocycles. The van der Waals surface area contributed by atoms with Crippen molar-refractivity contribution in [2.24, 2.45) is 0 Å². The van der Waals surface area contributed by atoms with Gasteiger partial charge in [-0.15, -0.1) is 0 Å². The van der Waals surface area contributed by atoms with Crippen LogP contribution in [0.2, 0.25) is 0 Å². The highest BCUT2D eigenvalue weighted by atomic mass is 32.2. The van der Waals surface area contributed by atoms with E-state index in [-0.39, 0.29) is 18.4 Å². The van der Waals surface area contributed by atoms with E-state index in [1.807, 2.05) is 6.07 Å². The third kappa shape index (κ3) is 5.17. The van der Waals surface area contributed by atoms with E-state index in [9.17, 15) is 18.0 Å². The molecule has 0 aliphatic carbocycles. The third-order valence-electron chi connectivity index (χ3n) is 4.90. The van der Waals surface area contributed by atoms with Gasteiger partial charge in [0.25, 0.3) is 5.91 Å². The molecule has 1 fully saturated rings. The number of anilines is 2. The number of likely N-dealkylation sites (N-methyl/N-ethyl adjacent to an activating group) is 1. The molecule has 2 aromatic carbocycles. The Morgan fingerprint density at radius 2 is 1.57 bits per heavy atom. The van der Waals surface area contributed by atoms with Gasteiger partial charge in [-0.25, -0.2) is 8.42 Å². The summed E-state index contributed by atoms with van der Waals surface area (Å²) in [5.74, 6) is -0.504. The molecule has 0 aromatic heterocycles. The average Bonchev–Trinajstić information content (AvgIpc) is 2.77. The number of ether oxygens (including phenoxy) is 1. The van der Waals surface area contributed by atoms with Crippen LogP contribution in [-0.4, -0.2) is 71.3 Å². The summed E-state index contributed by atoms with van der Waals surface area (Å²) < 4.78 is 31.0. The number of rotatable bonds is 6. The zero-order valence-corrected chi connectivity index (χ0v) is 17.8. The number of morpholine rings is 1. The number of amides is 2. The Morgan fingerprint density at radius 3 is 2.13 bits per heavy atom. The number of benzene rings is 2. The standard InChI is InChI=1S/C21H25N3O5S/c1-22(18-6-4-3-5-7-18)20(25)16-24(30(2,27)28)19-10-8-17(9-11-19)21(26)23-12-14-29-15-13-23/h3-11H,12-16H2,1-2H3. The SMILES string of the molecule is CN(C(=O)CN(c1ccc(C(=O)N2CCOCC2)cc1)S(C)(=O)=O)c1ccccc1. The van der Waals surface area contributed by atoms with Crippen molar-refractivity contribution in [1.82, 2.24) is 4.90 Å². The van der Waals surface area contributed by atoms with Crippen LogP contribution in [0.25, 0.3) is 0 Å². The molecule has 0 saturated carbocycles. The lowest BCUT2D eigenvalue weighted by atomic mass is 10.1. The molecule has 2 aromatic rings. The molecule has 9 heteroatoms. The van der Waals surface area contributed by atoms with Crippen molar-refractivity contribution in [3.63, 3.8) is 0 Å². The molecular weight excluding hydrogens is 406 g/mol. The van der Waals surface area contributed by atoms with E-state index < -0.39 is 10.0 Å². The zero-order valence-electron chi connectivity index (χ0n) is 17.0. The van der Waals surface area contributed by atoms with Gasteiger partial charge in [-0.05, 0) is 36.4 Å². The first kappa shape index (κ1) is 21.8. The molecule has 1 aliphatic rings. The summed E-state index contributed by atoms with van der Waals surface area (Å²) in [5, 5.41) is 0. The van der Waals surface area contributed by atoms with Crippen LogP contribution in [-0.2, 0) is 19.6 Å². The fourth-order valence-corrected chi connectivity index (χ4v) is 3.99. The Labute approximate surface area is 176 Å². The maximum Gasteiger partial charge on any atom is 0.254 e. The Balaban J connectivity index is 1.77. The first-order valence-corrected chi connectivity index (χ1v) is 11.4. The molecular formula is C21H25N3O5S. The normalized spacial score (nSPS) is 14.3. The van der Waals surface area contributed by atoms with Crippen molar-refractivity contribution >= 4 is 33.2 Å². The summed E-state index contributed by atoms with van der Waals surface area (Å²) in [4.78, 5) is 28.4. The highest BCUT2D eigenvalue weighted by Crippen LogP contribution is 2.20. The predicted molar refractivity (Wildman–Crippen MR) is 115 cm³/mol. The second kappa shape index (κ2) is 9.27. The van der Waals surface area contributed by atoms with Gasteiger partial charge in [-0.1, -0.05) is 18.2 Å². The van der Waals surface area contributed by atoms with Crippen molar-refractivity contribution in [3.05, 3.63) is 60.2 Å². The minimum absolute atomic E-state index is 0.129. The van der Waals surface area contributed by atoms with Crippen LogP contribution < -0.4 is 9.21 Å². The topological polar surface area (TPSA) is 87.2 Å². The molecule has 2 amide bonds. The Morgan fingerprint density at radius 1 is 0.967 bits per heavy atom. The Bertz CT molecular complexity index is 987. The summed E-state index contributed by atoms with van der Waals surface area (Å²) in [6, 6.07) is 15.2. The van der Waals surface area contributed by atoms with Crippen LogP contribution in [0.3, 0.4) is 0 Å². The number of nitrogens with zero attached hydrogens (tertiary/aromatic N) is 3. The summed E-state index contributed by atoms with van der Waals surface area (Å²) in [6.45, 7) is 1.71. The quantitative estimate of drug-likeness (QED) is 0.693. The molecule has 3 rings (SSSR count). The lowest BCUT2D eigenvalue weighted by Crippen LogP contribution is -2.41. The number of hydrogen-bond acceptors (Lipinski definition) is 5. The molecule has 1 aliphatic heterocycles. The van der Waals surface area contributed by atoms with Gasteiger partial charge in [-0.2, -0.15) is 0 Å². The zero-order chi connectivity index (χ0) is 21.7. The van der Waals surface area contributed by atoms with Gasteiger partial charge in [-0.3, -0.25) is 13.9 Å². The monoisotopic (exact) mass is 431 g/mol. The summed E-state index contributed by atoms with van der Waals surface area (Å²) in [5.41, 5.74) is 1.45. The van der Waals surface area contributed by atoms with Crippen molar-refractivity contribution in [2.75, 3.05) is 55.4 Å². The highest BCUT2D eigenvalue weighted by molar-refractivity contribution is 7.92. The van der Waals surface area contributed by atoms with Gasteiger partial charge in [0, 0.05) is 31.4 Å². The van der Waals surface area contributed by atoms with Crippen LogP contribution in [0.15, 0.2) is 54.6 Å². The molecule has 0 radical (unpaired) electrons. The van der Waals surface area contributed by atoms with Gasteiger partial charge in [0.2, 0.25) is 15.9 Å². The second-order valence-corrected chi connectivity index (χ2v) is 8.92. The molecule has 0 unspecified atom stereocenters. The summed E-state index contributed by atoms with van der Waals surface area (Å²) in [7, 11) is -2.11. The van der Waals surface area contributed by atoms with E-state index >= 15 is 0 Å². The summed E-state index contributed by atoms with van der Waals surface area (Å²) >= 11 is 0. The molecule has 0 N–H and O–H groups in total. The molecule has 8 nitrogen and oxygen atoms in total. The summed E-state index contributed by atoms with van der Waals surface area (Å²) in [6.07, 6.45) is 1.05. The predicted octanol–water partition coefficient (Wildman–Crippen LogP) is 1.59. The van der Waals surface area contributed by atoms with Gasteiger partial charge < -0.3 is 14.5 Å². The van der Waals surface area contributed by atoms with Crippen LogP contribution >= 0.6 is 0 Å². The highest BCUT2D eigenvalue weighted by Gasteiger charge is 2.24. The number of carbonyl (C=O) groups excluding carboxylic acids is 2. The lowest BCUT2D eigenvalue weighted by Gasteiger charge is -2.27. The van der Waals surface area contributed by atoms with Gasteiger partial charge in [0.15, 0.2) is 0 Å². The maximum absolute atomic E-state index is 12.7. The van der Waals surface area contributed by atoms with E-state index in [1.165, 1.54) is 4.90 Å². The van der Waals surface area contributed by atoms with Crippen LogP contribution in [0.4, 0.5) is 11.4 Å². The van der Waals surface area contributed by atoms with Gasteiger partial charge in [0.1, 0.15) is 6.54 Å². The number of carbonyl (C=O) groups is 2. The Hall–Kier alpha value is -2.91. The largest absolute Gasteiger partial charge is 0.378 e. The van der Waals surface area contributed by atoms with E-state index in [0.29, 0.717) is 43.2 Å². The van der Waals surface area contributed by atoms with E-state index in [4.69, 9.17) is 4.74 Å². The van der Waals surface area contributed by atoms with E-state index in [0.717, 1.165) is 10.6 Å². The minimum atomic E-state index is -3.71. The maximum atomic E-state index is 12.7. The molecule has 160 valence electrons. The molecule has 0 spiro atoms. The lowest BCUT2D eigenvalue weighted by molar-refractivity contribution is -0.116. The average molecular weight is 432 g/mol. The Kier molecular flexibility index (Phi) is 6.73. The molecule has 1 saturated heterocycles. The molecule has 30 heavy (non-hydrogen) atoms. The van der Waals surface area contributed by atoms with Crippen LogP contribution in [0, 0.1) is 0 Å². The van der Waals surface area contributed by atoms with E-state index in [1.54, 1.807) is 60.5 Å². The van der Waals surface area contributed by atoms with Crippen molar-refractivity contribution in [1.29, 1.82) is 0 Å². The van der Waals surface area contributed by atoms with Crippen molar-refractivity contribution in [3.8, 4) is 0 Å². The third-order valence-corrected chi connectivity index (χ3v) is 6.04. The van der Waals surface area contributed by atoms with E-state index in [2.05, 4.69) is 0 Å². The second-order valence-electron chi connectivity index (χ2n) is 7.01. The number of para-hydroxylation sites is 1. The van der Waals surface area contributed by atoms with Gasteiger partial charge >= 0.3 is 0 Å². The minimum Gasteiger partial charge on any atom is -0.378 e. The smallest absolute Gasteiger partial charge is 0.254 e. The number of hydrogen-bond donors (Lipinski definition) is 0. The van der Waals surface area contributed by atoms with Crippen molar-refractivity contribution < 1.29 is 22.7 Å². The molecule has 0 bridgehead atoms. The van der Waals surface area contributed by atoms with Crippen LogP contribution in [0.5, 0.6) is 0 Å². The number of sulfonamides is 1. The first-order valence-electron chi connectivity index (χ1n) is 9.54. The molecule has 0 atom stereocenters. The van der Waals surface area contributed by atoms with Crippen LogP contribution in [0.1, 0.15) is 10.4 Å². The van der Waals surface area contributed by atoms with Gasteiger partial charge in [0.05, 0.1) is 25.2 Å².